The molecule has 0 aliphatic carbocycles. The van der Waals surface area contributed by atoms with Crippen molar-refractivity contribution >= 4 is 21.6 Å². The summed E-state index contributed by atoms with van der Waals surface area (Å²) in [5.74, 6) is 0.664. The predicted molar refractivity (Wildman–Crippen MR) is 81.1 cm³/mol. The van der Waals surface area contributed by atoms with Gasteiger partial charge in [0.15, 0.2) is 5.82 Å². The van der Waals surface area contributed by atoms with Crippen LogP contribution < -0.4 is 5.73 Å². The third-order valence-electron chi connectivity index (χ3n) is 2.87. The molecule has 0 amide bonds. The van der Waals surface area contributed by atoms with E-state index < -0.39 is 0 Å². The molecule has 0 unspecified atom stereocenters. The Morgan fingerprint density at radius 3 is 2.85 bits per heavy atom. The van der Waals surface area contributed by atoms with Gasteiger partial charge in [-0.25, -0.2) is 4.68 Å². The van der Waals surface area contributed by atoms with Crippen molar-refractivity contribution in [1.82, 2.24) is 20.2 Å². The molecule has 2 rings (SSSR count). The highest BCUT2D eigenvalue weighted by molar-refractivity contribution is 9.10. The number of hydrogen-bond donors (Lipinski definition) is 1. The molecule has 0 aliphatic rings. The van der Waals surface area contributed by atoms with Crippen LogP contribution in [0.25, 0.3) is 11.4 Å². The number of aromatic nitrogens is 4. The lowest BCUT2D eigenvalue weighted by atomic mass is 10.1. The molecule has 0 saturated heterocycles. The second-order valence-corrected chi connectivity index (χ2v) is 5.85. The molecule has 0 saturated carbocycles. The summed E-state index contributed by atoms with van der Waals surface area (Å²) < 4.78 is 8.22. The van der Waals surface area contributed by atoms with E-state index in [2.05, 4.69) is 31.5 Å². The topological polar surface area (TPSA) is 78.8 Å². The fourth-order valence-corrected chi connectivity index (χ4v) is 2.47. The van der Waals surface area contributed by atoms with Crippen molar-refractivity contribution in [2.75, 3.05) is 12.3 Å². The van der Waals surface area contributed by atoms with Gasteiger partial charge in [0, 0.05) is 17.9 Å². The molecule has 7 heteroatoms. The summed E-state index contributed by atoms with van der Waals surface area (Å²) >= 11 is 3.48. The molecule has 0 fully saturated rings. The van der Waals surface area contributed by atoms with Crippen molar-refractivity contribution in [2.24, 2.45) is 0 Å². The maximum atomic E-state index is 5.90. The second kappa shape index (κ2) is 5.88. The summed E-state index contributed by atoms with van der Waals surface area (Å²) in [7, 11) is 0. The zero-order chi connectivity index (χ0) is 14.8. The van der Waals surface area contributed by atoms with Crippen molar-refractivity contribution < 1.29 is 4.74 Å². The Morgan fingerprint density at radius 1 is 1.40 bits per heavy atom. The molecule has 108 valence electrons. The van der Waals surface area contributed by atoms with Gasteiger partial charge in [0.1, 0.15) is 0 Å². The van der Waals surface area contributed by atoms with E-state index in [-0.39, 0.29) is 5.60 Å². The number of halogens is 1. The van der Waals surface area contributed by atoms with Crippen LogP contribution in [-0.4, -0.2) is 32.4 Å². The van der Waals surface area contributed by atoms with E-state index in [9.17, 15) is 0 Å². The van der Waals surface area contributed by atoms with Crippen LogP contribution in [0.2, 0.25) is 0 Å². The standard InChI is InChI=1S/C13H18BrN5O/c1-4-20-13(2,3)8-19-12(16-17-18-19)9-6-5-7-10(15)11(9)14/h5-7H,4,8,15H2,1-3H3. The highest BCUT2D eigenvalue weighted by Crippen LogP contribution is 2.31. The zero-order valence-corrected chi connectivity index (χ0v) is 13.4. The summed E-state index contributed by atoms with van der Waals surface area (Å²) in [6, 6.07) is 5.63. The Labute approximate surface area is 126 Å². The van der Waals surface area contributed by atoms with E-state index in [0.717, 1.165) is 10.0 Å². The molecule has 0 radical (unpaired) electrons. The first-order chi connectivity index (χ1) is 9.44. The highest BCUT2D eigenvalue weighted by Gasteiger charge is 2.22. The van der Waals surface area contributed by atoms with E-state index in [1.54, 1.807) is 4.68 Å². The number of hydrogen-bond acceptors (Lipinski definition) is 5. The summed E-state index contributed by atoms with van der Waals surface area (Å²) in [6.45, 7) is 7.19. The summed E-state index contributed by atoms with van der Waals surface area (Å²) in [4.78, 5) is 0. The third kappa shape index (κ3) is 3.16. The van der Waals surface area contributed by atoms with Gasteiger partial charge < -0.3 is 10.5 Å². The van der Waals surface area contributed by atoms with Crippen LogP contribution in [0.1, 0.15) is 20.8 Å². The number of ether oxygens (including phenoxy) is 1. The molecule has 2 N–H and O–H groups in total. The molecule has 2 aromatic rings. The molecule has 1 aromatic heterocycles. The first-order valence-electron chi connectivity index (χ1n) is 6.39. The summed E-state index contributed by atoms with van der Waals surface area (Å²) in [6.07, 6.45) is 0. The molecular formula is C13H18BrN5O. The van der Waals surface area contributed by atoms with E-state index >= 15 is 0 Å². The van der Waals surface area contributed by atoms with Crippen LogP contribution in [-0.2, 0) is 11.3 Å². The Kier molecular flexibility index (Phi) is 4.39. The van der Waals surface area contributed by atoms with E-state index in [1.807, 2.05) is 39.0 Å². The number of nitrogens with two attached hydrogens (primary N) is 1. The van der Waals surface area contributed by atoms with E-state index in [4.69, 9.17) is 10.5 Å². The van der Waals surface area contributed by atoms with Crippen LogP contribution in [0, 0.1) is 0 Å². The van der Waals surface area contributed by atoms with E-state index in [0.29, 0.717) is 24.7 Å². The number of benzene rings is 1. The first kappa shape index (κ1) is 14.9. The lowest BCUT2D eigenvalue weighted by Gasteiger charge is -2.24. The van der Waals surface area contributed by atoms with Gasteiger partial charge in [-0.2, -0.15) is 0 Å². The molecule has 0 aliphatic heterocycles. The Balaban J connectivity index is 2.36. The van der Waals surface area contributed by atoms with Crippen LogP contribution in [0.4, 0.5) is 5.69 Å². The molecule has 1 aromatic carbocycles. The quantitative estimate of drug-likeness (QED) is 0.846. The SMILES string of the molecule is CCOC(C)(C)Cn1nnnc1-c1cccc(N)c1Br. The second-order valence-electron chi connectivity index (χ2n) is 5.06. The monoisotopic (exact) mass is 339 g/mol. The van der Waals surface area contributed by atoms with Gasteiger partial charge in [0.25, 0.3) is 0 Å². The molecule has 1 heterocycles. The fraction of sp³-hybridized carbons (Fsp3) is 0.462. The fourth-order valence-electron chi connectivity index (χ4n) is 2.02. The highest BCUT2D eigenvalue weighted by atomic mass is 79.9. The van der Waals surface area contributed by atoms with Crippen LogP contribution in [0.3, 0.4) is 0 Å². The van der Waals surface area contributed by atoms with Crippen molar-refractivity contribution in [2.45, 2.75) is 32.9 Å². The van der Waals surface area contributed by atoms with Crippen molar-refractivity contribution in [3.05, 3.63) is 22.7 Å². The molecular weight excluding hydrogens is 322 g/mol. The maximum absolute atomic E-state index is 5.90. The average molecular weight is 340 g/mol. The van der Waals surface area contributed by atoms with Crippen LogP contribution in [0.15, 0.2) is 22.7 Å². The maximum Gasteiger partial charge on any atom is 0.183 e. The van der Waals surface area contributed by atoms with Crippen molar-refractivity contribution in [3.63, 3.8) is 0 Å². The van der Waals surface area contributed by atoms with Crippen molar-refractivity contribution in [3.8, 4) is 11.4 Å². The number of anilines is 1. The van der Waals surface area contributed by atoms with Gasteiger partial charge in [-0.3, -0.25) is 0 Å². The predicted octanol–water partition coefficient (Wildman–Crippen LogP) is 2.50. The van der Waals surface area contributed by atoms with Gasteiger partial charge in [0.05, 0.1) is 16.6 Å². The minimum Gasteiger partial charge on any atom is -0.398 e. The van der Waals surface area contributed by atoms with Crippen molar-refractivity contribution in [1.29, 1.82) is 0 Å². The number of rotatable bonds is 5. The lowest BCUT2D eigenvalue weighted by molar-refractivity contribution is -0.0246. The van der Waals surface area contributed by atoms with Gasteiger partial charge >= 0.3 is 0 Å². The first-order valence-corrected chi connectivity index (χ1v) is 7.18. The molecule has 0 atom stereocenters. The van der Waals surface area contributed by atoms with Gasteiger partial charge in [0.2, 0.25) is 0 Å². The Morgan fingerprint density at radius 2 is 2.15 bits per heavy atom. The number of nitrogens with zero attached hydrogens (tertiary/aromatic N) is 4. The van der Waals surface area contributed by atoms with Crippen LogP contribution >= 0.6 is 15.9 Å². The Hall–Kier alpha value is -1.47. The molecule has 0 bridgehead atoms. The summed E-state index contributed by atoms with van der Waals surface area (Å²) in [5, 5.41) is 11.9. The van der Waals surface area contributed by atoms with Gasteiger partial charge in [-0.05, 0) is 59.3 Å². The van der Waals surface area contributed by atoms with Gasteiger partial charge in [-0.15, -0.1) is 5.10 Å². The normalized spacial score (nSPS) is 11.8. The third-order valence-corrected chi connectivity index (χ3v) is 3.75. The smallest absolute Gasteiger partial charge is 0.183 e. The number of tetrazole rings is 1. The minimum absolute atomic E-state index is 0.342. The minimum atomic E-state index is -0.342. The lowest BCUT2D eigenvalue weighted by Crippen LogP contribution is -2.31. The molecule has 20 heavy (non-hydrogen) atoms. The Bertz CT molecular complexity index is 596. The number of nitrogen functional groups attached to an aromatic ring is 1. The zero-order valence-electron chi connectivity index (χ0n) is 11.8. The van der Waals surface area contributed by atoms with Crippen LogP contribution in [0.5, 0.6) is 0 Å². The van der Waals surface area contributed by atoms with Gasteiger partial charge in [-0.1, -0.05) is 6.07 Å². The van der Waals surface area contributed by atoms with E-state index in [1.165, 1.54) is 0 Å². The molecule has 0 spiro atoms. The largest absolute Gasteiger partial charge is 0.398 e. The molecule has 6 nitrogen and oxygen atoms in total. The average Bonchev–Trinajstić information content (AvgIpc) is 2.79. The summed E-state index contributed by atoms with van der Waals surface area (Å²) in [5.41, 5.74) is 7.08.